The molecule has 1 aliphatic rings. The van der Waals surface area contributed by atoms with E-state index in [1.54, 1.807) is 39.3 Å². The standard InChI is InChI=1S/C19H20N2O4S/c1-19(18(23)21(2)13-7-5-6-8-16(13)26-19)17(22)20-12-9-10-14(24-3)15(11-12)25-4/h5-11H,1-4H3,(H,20,22). The van der Waals surface area contributed by atoms with Gasteiger partial charge in [0, 0.05) is 23.7 Å². The SMILES string of the molecule is COc1ccc(NC(=O)C2(C)Sc3ccccc3N(C)C2=O)cc1OC. The van der Waals surface area contributed by atoms with Crippen molar-refractivity contribution in [3.63, 3.8) is 0 Å². The minimum atomic E-state index is -1.27. The Kier molecular flexibility index (Phi) is 4.82. The summed E-state index contributed by atoms with van der Waals surface area (Å²) in [5, 5.41) is 2.82. The predicted octanol–water partition coefficient (Wildman–Crippen LogP) is 3.17. The molecule has 0 spiro atoms. The third kappa shape index (κ3) is 2.99. The predicted molar refractivity (Wildman–Crippen MR) is 102 cm³/mol. The van der Waals surface area contributed by atoms with Gasteiger partial charge in [-0.3, -0.25) is 9.59 Å². The van der Waals surface area contributed by atoms with Gasteiger partial charge >= 0.3 is 0 Å². The molecule has 26 heavy (non-hydrogen) atoms. The summed E-state index contributed by atoms with van der Waals surface area (Å²) in [5.41, 5.74) is 1.34. The monoisotopic (exact) mass is 372 g/mol. The van der Waals surface area contributed by atoms with Gasteiger partial charge in [0.15, 0.2) is 16.2 Å². The lowest BCUT2D eigenvalue weighted by atomic mass is 10.1. The molecule has 6 nitrogen and oxygen atoms in total. The number of thioether (sulfide) groups is 1. The Bertz CT molecular complexity index is 870. The summed E-state index contributed by atoms with van der Waals surface area (Å²) in [4.78, 5) is 28.2. The molecule has 2 aromatic rings. The van der Waals surface area contributed by atoms with Gasteiger partial charge in [-0.2, -0.15) is 0 Å². The number of nitrogens with zero attached hydrogens (tertiary/aromatic N) is 1. The number of para-hydroxylation sites is 1. The van der Waals surface area contributed by atoms with Crippen LogP contribution in [0.2, 0.25) is 0 Å². The maximum atomic E-state index is 13.0. The van der Waals surface area contributed by atoms with E-state index in [1.165, 1.54) is 23.8 Å². The van der Waals surface area contributed by atoms with Crippen molar-refractivity contribution in [2.45, 2.75) is 16.6 Å². The van der Waals surface area contributed by atoms with E-state index in [-0.39, 0.29) is 11.8 Å². The number of carbonyl (C=O) groups excluding carboxylic acids is 2. The summed E-state index contributed by atoms with van der Waals surface area (Å²) < 4.78 is 9.19. The van der Waals surface area contributed by atoms with Crippen molar-refractivity contribution in [1.29, 1.82) is 0 Å². The first-order valence-electron chi connectivity index (χ1n) is 8.00. The number of methoxy groups -OCH3 is 2. The second kappa shape index (κ2) is 6.92. The number of rotatable bonds is 4. The van der Waals surface area contributed by atoms with Crippen molar-refractivity contribution in [3.05, 3.63) is 42.5 Å². The Hall–Kier alpha value is -2.67. The maximum absolute atomic E-state index is 13.0. The van der Waals surface area contributed by atoms with Crippen LogP contribution in [-0.4, -0.2) is 37.8 Å². The van der Waals surface area contributed by atoms with E-state index in [9.17, 15) is 9.59 Å². The second-order valence-electron chi connectivity index (χ2n) is 5.99. The number of fused-ring (bicyclic) bond motifs is 1. The second-order valence-corrected chi connectivity index (χ2v) is 7.45. The van der Waals surface area contributed by atoms with Gasteiger partial charge in [0.1, 0.15) is 0 Å². The Morgan fingerprint density at radius 2 is 1.81 bits per heavy atom. The average Bonchev–Trinajstić information content (AvgIpc) is 2.66. The molecule has 0 aromatic heterocycles. The number of amides is 2. The summed E-state index contributed by atoms with van der Waals surface area (Å²) >= 11 is 1.26. The summed E-state index contributed by atoms with van der Waals surface area (Å²) in [6.45, 7) is 1.64. The van der Waals surface area contributed by atoms with Crippen molar-refractivity contribution in [2.75, 3.05) is 31.5 Å². The van der Waals surface area contributed by atoms with E-state index in [4.69, 9.17) is 9.47 Å². The molecule has 1 atom stereocenters. The number of nitrogens with one attached hydrogen (secondary N) is 1. The fraction of sp³-hybridized carbons (Fsp3) is 0.263. The largest absolute Gasteiger partial charge is 0.493 e. The van der Waals surface area contributed by atoms with Gasteiger partial charge in [-0.05, 0) is 31.2 Å². The van der Waals surface area contributed by atoms with Crippen molar-refractivity contribution in [3.8, 4) is 11.5 Å². The van der Waals surface area contributed by atoms with Gasteiger partial charge in [0.2, 0.25) is 5.91 Å². The highest BCUT2D eigenvalue weighted by Gasteiger charge is 2.48. The van der Waals surface area contributed by atoms with Crippen molar-refractivity contribution in [1.82, 2.24) is 0 Å². The van der Waals surface area contributed by atoms with Crippen LogP contribution >= 0.6 is 11.8 Å². The van der Waals surface area contributed by atoms with Crippen LogP contribution in [0.5, 0.6) is 11.5 Å². The number of hydrogen-bond acceptors (Lipinski definition) is 5. The molecule has 0 saturated carbocycles. The Morgan fingerprint density at radius 3 is 2.50 bits per heavy atom. The van der Waals surface area contributed by atoms with Crippen LogP contribution in [0.25, 0.3) is 0 Å². The first kappa shape index (κ1) is 18.1. The molecule has 7 heteroatoms. The van der Waals surface area contributed by atoms with Crippen molar-refractivity contribution in [2.24, 2.45) is 0 Å². The molecule has 1 heterocycles. The van der Waals surface area contributed by atoms with Crippen LogP contribution < -0.4 is 19.7 Å². The smallest absolute Gasteiger partial charge is 0.252 e. The van der Waals surface area contributed by atoms with Gasteiger partial charge < -0.3 is 19.7 Å². The molecule has 0 radical (unpaired) electrons. The molecule has 3 rings (SSSR count). The Balaban J connectivity index is 1.89. The molecule has 2 aromatic carbocycles. The van der Waals surface area contributed by atoms with E-state index in [2.05, 4.69) is 5.32 Å². The lowest BCUT2D eigenvalue weighted by Crippen LogP contribution is -2.53. The highest BCUT2D eigenvalue weighted by Crippen LogP contribution is 2.45. The summed E-state index contributed by atoms with van der Waals surface area (Å²) in [7, 11) is 4.75. The lowest BCUT2D eigenvalue weighted by molar-refractivity contribution is -0.128. The molecule has 1 unspecified atom stereocenters. The number of anilines is 2. The van der Waals surface area contributed by atoms with E-state index in [0.717, 1.165) is 10.6 Å². The number of benzene rings is 2. The van der Waals surface area contributed by atoms with Crippen LogP contribution in [0.15, 0.2) is 47.4 Å². The first-order valence-corrected chi connectivity index (χ1v) is 8.82. The zero-order valence-electron chi connectivity index (χ0n) is 15.0. The molecular weight excluding hydrogens is 352 g/mol. The van der Waals surface area contributed by atoms with Crippen LogP contribution in [0.3, 0.4) is 0 Å². The minimum Gasteiger partial charge on any atom is -0.493 e. The van der Waals surface area contributed by atoms with Gasteiger partial charge in [-0.25, -0.2) is 0 Å². The highest BCUT2D eigenvalue weighted by molar-refractivity contribution is 8.02. The molecule has 2 amide bonds. The molecular formula is C19H20N2O4S. The van der Waals surface area contributed by atoms with Crippen molar-refractivity contribution >= 4 is 35.0 Å². The first-order chi connectivity index (χ1) is 12.4. The topological polar surface area (TPSA) is 67.9 Å². The third-order valence-electron chi connectivity index (χ3n) is 4.33. The van der Waals surface area contributed by atoms with Gasteiger partial charge in [-0.15, -0.1) is 0 Å². The Morgan fingerprint density at radius 1 is 1.12 bits per heavy atom. The molecule has 0 bridgehead atoms. The molecule has 0 saturated heterocycles. The number of hydrogen-bond donors (Lipinski definition) is 1. The zero-order valence-corrected chi connectivity index (χ0v) is 15.8. The van der Waals surface area contributed by atoms with Crippen LogP contribution in [0.4, 0.5) is 11.4 Å². The number of ether oxygens (including phenoxy) is 2. The molecule has 0 aliphatic carbocycles. The summed E-state index contributed by atoms with van der Waals surface area (Å²) in [6.07, 6.45) is 0. The van der Waals surface area contributed by atoms with E-state index < -0.39 is 4.75 Å². The average molecular weight is 372 g/mol. The number of carbonyl (C=O) groups is 2. The minimum absolute atomic E-state index is 0.265. The van der Waals surface area contributed by atoms with E-state index >= 15 is 0 Å². The zero-order chi connectivity index (χ0) is 18.9. The lowest BCUT2D eigenvalue weighted by Gasteiger charge is -2.36. The normalized spacial score (nSPS) is 18.9. The fourth-order valence-electron chi connectivity index (χ4n) is 2.82. The molecule has 136 valence electrons. The summed E-state index contributed by atoms with van der Waals surface area (Å²) in [6, 6.07) is 12.6. The molecule has 1 aliphatic heterocycles. The van der Waals surface area contributed by atoms with Crippen LogP contribution in [0.1, 0.15) is 6.92 Å². The molecule has 0 fully saturated rings. The van der Waals surface area contributed by atoms with Gasteiger partial charge in [-0.1, -0.05) is 23.9 Å². The van der Waals surface area contributed by atoms with Crippen molar-refractivity contribution < 1.29 is 19.1 Å². The third-order valence-corrected chi connectivity index (χ3v) is 5.66. The van der Waals surface area contributed by atoms with Gasteiger partial charge in [0.25, 0.3) is 5.91 Å². The Labute approximate surface area is 156 Å². The quantitative estimate of drug-likeness (QED) is 0.835. The fourth-order valence-corrected chi connectivity index (χ4v) is 4.09. The maximum Gasteiger partial charge on any atom is 0.252 e. The van der Waals surface area contributed by atoms with E-state index in [0.29, 0.717) is 17.2 Å². The van der Waals surface area contributed by atoms with E-state index in [1.807, 2.05) is 24.3 Å². The van der Waals surface area contributed by atoms with Crippen LogP contribution in [-0.2, 0) is 9.59 Å². The van der Waals surface area contributed by atoms with Gasteiger partial charge in [0.05, 0.1) is 19.9 Å². The van der Waals surface area contributed by atoms with Crippen LogP contribution in [0, 0.1) is 0 Å². The molecule has 1 N–H and O–H groups in total. The summed E-state index contributed by atoms with van der Waals surface area (Å²) in [5.74, 6) is 0.411. The highest BCUT2D eigenvalue weighted by atomic mass is 32.2.